The molecule has 1 aliphatic rings. The summed E-state index contributed by atoms with van der Waals surface area (Å²) in [6.45, 7) is 7.38. The van der Waals surface area contributed by atoms with Crippen molar-refractivity contribution in [1.82, 2.24) is 4.98 Å². The van der Waals surface area contributed by atoms with Crippen molar-refractivity contribution in [1.29, 1.82) is 5.26 Å². The van der Waals surface area contributed by atoms with Crippen molar-refractivity contribution in [3.8, 4) is 17.3 Å². The molecule has 0 unspecified atom stereocenters. The van der Waals surface area contributed by atoms with Crippen LogP contribution in [0, 0.1) is 18.3 Å². The first-order chi connectivity index (χ1) is 19.1. The number of carbonyl (C=O) groups excluding carboxylic acids is 1. The highest BCUT2D eigenvalue weighted by Crippen LogP contribution is 2.31. The van der Waals surface area contributed by atoms with Crippen molar-refractivity contribution in [3.05, 3.63) is 89.6 Å². The van der Waals surface area contributed by atoms with Crippen LogP contribution in [0.3, 0.4) is 0 Å². The van der Waals surface area contributed by atoms with Gasteiger partial charge in [0.15, 0.2) is 6.29 Å². The Morgan fingerprint density at radius 1 is 1.05 bits per heavy atom. The Balaban J connectivity index is 0.000000197. The van der Waals surface area contributed by atoms with Gasteiger partial charge in [-0.15, -0.1) is 0 Å². The molecule has 0 radical (unpaired) electrons. The molecular formula is C33H38N4OS. The highest BCUT2D eigenvalue weighted by molar-refractivity contribution is 8.00. The number of pyridine rings is 1. The molecule has 0 amide bonds. The molecule has 5 nitrogen and oxygen atoms in total. The van der Waals surface area contributed by atoms with Crippen LogP contribution in [0.4, 0.5) is 11.4 Å². The van der Waals surface area contributed by atoms with Gasteiger partial charge in [0.25, 0.3) is 0 Å². The number of aromatic nitrogens is 1. The lowest BCUT2D eigenvalue weighted by Crippen LogP contribution is -2.14. The molecular weight excluding hydrogens is 500 g/mol. The Bertz CT molecular complexity index is 1400. The first-order valence-corrected chi connectivity index (χ1v) is 14.5. The SMILES string of the molecule is CCC.CNc1ccc(C)c(-c2nccc3ccccc23)c1.N#Cc1cc(N2CCCCCS2)ccc1C=O. The number of anilines is 2. The van der Waals surface area contributed by atoms with E-state index in [2.05, 4.69) is 90.0 Å². The minimum absolute atomic E-state index is 0.461. The van der Waals surface area contributed by atoms with Crippen molar-refractivity contribution in [3.63, 3.8) is 0 Å². The van der Waals surface area contributed by atoms with Crippen molar-refractivity contribution in [2.75, 3.05) is 29.0 Å². The van der Waals surface area contributed by atoms with Crippen LogP contribution in [0.2, 0.25) is 0 Å². The first kappa shape index (κ1) is 29.7. The number of fused-ring (bicyclic) bond motifs is 1. The van der Waals surface area contributed by atoms with Gasteiger partial charge in [0, 0.05) is 53.4 Å². The Hall–Kier alpha value is -3.82. The van der Waals surface area contributed by atoms with Crippen molar-refractivity contribution >= 4 is 40.4 Å². The van der Waals surface area contributed by atoms with Gasteiger partial charge < -0.3 is 9.62 Å². The summed E-state index contributed by atoms with van der Waals surface area (Å²) >= 11 is 1.81. The number of benzene rings is 3. The monoisotopic (exact) mass is 538 g/mol. The zero-order chi connectivity index (χ0) is 28.0. The standard InChI is InChI=1S/C17H16N2.C13H14N2OS.C3H8/c1-12-7-8-14(18-2)11-16(12)17-15-6-4-3-5-13(15)9-10-19-17;14-9-12-8-13(5-4-11(12)10-16)15-6-2-1-3-7-17-15;1-3-2/h3-11,18H,1-2H3;4-5,8,10H,1-3,6-7H2;3H2,1-2H3. The fourth-order valence-corrected chi connectivity index (χ4v) is 5.32. The number of aldehydes is 1. The molecule has 0 aliphatic carbocycles. The molecule has 2 heterocycles. The summed E-state index contributed by atoms with van der Waals surface area (Å²) in [6.07, 6.45) is 7.56. The summed E-state index contributed by atoms with van der Waals surface area (Å²) in [5.74, 6) is 1.12. The van der Waals surface area contributed by atoms with E-state index in [4.69, 9.17) is 5.26 Å². The molecule has 5 rings (SSSR count). The molecule has 1 fully saturated rings. The number of hydrogen-bond acceptors (Lipinski definition) is 6. The van der Waals surface area contributed by atoms with Crippen molar-refractivity contribution < 1.29 is 4.79 Å². The third-order valence-corrected chi connectivity index (χ3v) is 7.46. The van der Waals surface area contributed by atoms with Crippen LogP contribution in [-0.2, 0) is 0 Å². The fourth-order valence-electron chi connectivity index (χ4n) is 4.24. The number of rotatable bonds is 4. The summed E-state index contributed by atoms with van der Waals surface area (Å²) in [6, 6.07) is 24.3. The third kappa shape index (κ3) is 8.08. The van der Waals surface area contributed by atoms with Gasteiger partial charge in [-0.05, 0) is 79.1 Å². The number of hydrogen-bond donors (Lipinski definition) is 1. The lowest BCUT2D eigenvalue weighted by Gasteiger charge is -2.21. The van der Waals surface area contributed by atoms with Gasteiger partial charge in [0.05, 0.1) is 17.3 Å². The molecule has 202 valence electrons. The summed E-state index contributed by atoms with van der Waals surface area (Å²) in [5.41, 5.74) is 6.53. The Morgan fingerprint density at radius 2 is 1.85 bits per heavy atom. The van der Waals surface area contributed by atoms with Crippen LogP contribution >= 0.6 is 11.9 Å². The van der Waals surface area contributed by atoms with Crippen LogP contribution in [-0.4, -0.2) is 30.6 Å². The topological polar surface area (TPSA) is 69.0 Å². The molecule has 0 atom stereocenters. The Morgan fingerprint density at radius 3 is 2.59 bits per heavy atom. The van der Waals surface area contributed by atoms with Crippen LogP contribution < -0.4 is 9.62 Å². The van der Waals surface area contributed by atoms with E-state index in [1.54, 1.807) is 18.0 Å². The molecule has 39 heavy (non-hydrogen) atoms. The van der Waals surface area contributed by atoms with E-state index in [1.165, 1.54) is 47.6 Å². The normalized spacial score (nSPS) is 12.6. The highest BCUT2D eigenvalue weighted by atomic mass is 32.2. The van der Waals surface area contributed by atoms with E-state index in [9.17, 15) is 4.79 Å². The molecule has 4 aromatic rings. The molecule has 1 N–H and O–H groups in total. The lowest BCUT2D eigenvalue weighted by molar-refractivity contribution is 0.112. The third-order valence-electron chi connectivity index (χ3n) is 6.28. The van der Waals surface area contributed by atoms with Gasteiger partial charge in [-0.2, -0.15) is 5.26 Å². The number of nitriles is 1. The van der Waals surface area contributed by atoms with E-state index in [-0.39, 0.29) is 0 Å². The summed E-state index contributed by atoms with van der Waals surface area (Å²) in [4.78, 5) is 15.3. The number of carbonyl (C=O) groups is 1. The Kier molecular flexibility index (Phi) is 11.9. The van der Waals surface area contributed by atoms with E-state index in [0.29, 0.717) is 11.1 Å². The second-order valence-electron chi connectivity index (χ2n) is 9.36. The smallest absolute Gasteiger partial charge is 0.151 e. The molecule has 3 aromatic carbocycles. The minimum Gasteiger partial charge on any atom is -0.388 e. The quantitative estimate of drug-likeness (QED) is 0.207. The Labute approximate surface area is 237 Å². The van der Waals surface area contributed by atoms with E-state index in [1.807, 2.05) is 25.4 Å². The number of aryl methyl sites for hydroxylation is 1. The van der Waals surface area contributed by atoms with E-state index in [0.717, 1.165) is 35.7 Å². The van der Waals surface area contributed by atoms with Crippen molar-refractivity contribution in [2.24, 2.45) is 0 Å². The second kappa shape index (κ2) is 15.6. The molecule has 0 spiro atoms. The summed E-state index contributed by atoms with van der Waals surface area (Å²) < 4.78 is 2.22. The predicted molar refractivity (Wildman–Crippen MR) is 168 cm³/mol. The zero-order valence-electron chi connectivity index (χ0n) is 23.4. The van der Waals surface area contributed by atoms with E-state index >= 15 is 0 Å². The average Bonchev–Trinajstić information content (AvgIpc) is 3.27. The largest absolute Gasteiger partial charge is 0.388 e. The lowest BCUT2D eigenvalue weighted by atomic mass is 9.99. The predicted octanol–water partition coefficient (Wildman–Crippen LogP) is 8.68. The minimum atomic E-state index is 0.461. The summed E-state index contributed by atoms with van der Waals surface area (Å²) in [5, 5.41) is 14.6. The maximum atomic E-state index is 10.8. The van der Waals surface area contributed by atoms with Crippen LogP contribution in [0.25, 0.3) is 22.0 Å². The number of nitrogens with zero attached hydrogens (tertiary/aromatic N) is 3. The second-order valence-corrected chi connectivity index (χ2v) is 10.5. The molecule has 6 heteroatoms. The van der Waals surface area contributed by atoms with Gasteiger partial charge in [0.2, 0.25) is 0 Å². The molecule has 0 bridgehead atoms. The average molecular weight is 539 g/mol. The van der Waals surface area contributed by atoms with E-state index < -0.39 is 0 Å². The molecule has 0 saturated carbocycles. The van der Waals surface area contributed by atoms with Gasteiger partial charge in [-0.25, -0.2) is 0 Å². The fraction of sp³-hybridized carbons (Fsp3) is 0.303. The van der Waals surface area contributed by atoms with Crippen molar-refractivity contribution in [2.45, 2.75) is 46.5 Å². The van der Waals surface area contributed by atoms with Gasteiger partial charge in [-0.3, -0.25) is 9.78 Å². The van der Waals surface area contributed by atoms with Gasteiger partial charge in [-0.1, -0.05) is 57.0 Å². The molecule has 1 aromatic heterocycles. The maximum absolute atomic E-state index is 10.8. The van der Waals surface area contributed by atoms with Gasteiger partial charge >= 0.3 is 0 Å². The van der Waals surface area contributed by atoms with Gasteiger partial charge in [0.1, 0.15) is 0 Å². The molecule has 1 saturated heterocycles. The van der Waals surface area contributed by atoms with Crippen LogP contribution in [0.15, 0.2) is 72.9 Å². The zero-order valence-corrected chi connectivity index (χ0v) is 24.2. The first-order valence-electron chi connectivity index (χ1n) is 13.6. The molecule has 1 aliphatic heterocycles. The highest BCUT2D eigenvalue weighted by Gasteiger charge is 2.13. The summed E-state index contributed by atoms with van der Waals surface area (Å²) in [7, 11) is 1.94. The maximum Gasteiger partial charge on any atom is 0.151 e. The van der Waals surface area contributed by atoms with Crippen LogP contribution in [0.5, 0.6) is 0 Å². The number of nitrogens with one attached hydrogen (secondary N) is 1. The van der Waals surface area contributed by atoms with Crippen LogP contribution in [0.1, 0.15) is 61.0 Å².